The number of hydrogen-bond donors (Lipinski definition) is 2. The van der Waals surface area contributed by atoms with Crippen molar-refractivity contribution < 1.29 is 21.6 Å². The molecule has 0 saturated heterocycles. The lowest BCUT2D eigenvalue weighted by Crippen LogP contribution is -2.28. The minimum absolute atomic E-state index is 0.0119. The zero-order valence-electron chi connectivity index (χ0n) is 16.2. The highest BCUT2D eigenvalue weighted by atomic mass is 32.2. The molecule has 1 aliphatic heterocycles. The topological polar surface area (TPSA) is 119 Å². The van der Waals surface area contributed by atoms with E-state index >= 15 is 0 Å². The second kappa shape index (κ2) is 7.76. The molecular weight excluding hydrogens is 464 g/mol. The fourth-order valence-corrected chi connectivity index (χ4v) is 5.46. The molecule has 32 heavy (non-hydrogen) atoms. The van der Waals surface area contributed by atoms with Gasteiger partial charge in [0.1, 0.15) is 23.2 Å². The Morgan fingerprint density at radius 1 is 1.34 bits per heavy atom. The van der Waals surface area contributed by atoms with Crippen LogP contribution >= 0.6 is 11.5 Å². The normalized spacial score (nSPS) is 16.2. The number of nitrogens with one attached hydrogen (secondary N) is 2. The number of aromatic nitrogens is 3. The van der Waals surface area contributed by atoms with Gasteiger partial charge in [0, 0.05) is 36.8 Å². The van der Waals surface area contributed by atoms with Gasteiger partial charge < -0.3 is 9.73 Å². The third-order valence-electron chi connectivity index (χ3n) is 5.19. The Bertz CT molecular complexity index is 1480. The second-order valence-corrected chi connectivity index (χ2v) is 9.57. The van der Waals surface area contributed by atoms with Crippen molar-refractivity contribution in [2.45, 2.75) is 24.2 Å². The number of nitrogens with zero attached hydrogens (tertiary/aromatic N) is 3. The number of anilines is 1. The van der Waals surface area contributed by atoms with Gasteiger partial charge in [0.05, 0.1) is 12.1 Å². The SMILES string of the molecule is O=c1oc2cc(S(=O)(=O)Nc3ncns3)c(F)cc2n1Cc1cccc2c1CNCC2F. The van der Waals surface area contributed by atoms with Gasteiger partial charge in [-0.3, -0.25) is 9.29 Å². The van der Waals surface area contributed by atoms with Crippen LogP contribution in [-0.2, 0) is 23.1 Å². The van der Waals surface area contributed by atoms with Gasteiger partial charge in [0.2, 0.25) is 5.13 Å². The van der Waals surface area contributed by atoms with Gasteiger partial charge in [0.15, 0.2) is 5.58 Å². The van der Waals surface area contributed by atoms with E-state index in [0.29, 0.717) is 17.7 Å². The summed E-state index contributed by atoms with van der Waals surface area (Å²) in [7, 11) is -4.32. The minimum Gasteiger partial charge on any atom is -0.408 e. The van der Waals surface area contributed by atoms with E-state index in [2.05, 4.69) is 19.4 Å². The summed E-state index contributed by atoms with van der Waals surface area (Å²) in [6.07, 6.45) is -0.00766. The summed E-state index contributed by atoms with van der Waals surface area (Å²) in [4.78, 5) is 15.5. The maximum Gasteiger partial charge on any atom is 0.420 e. The van der Waals surface area contributed by atoms with Crippen molar-refractivity contribution in [1.29, 1.82) is 0 Å². The third kappa shape index (κ3) is 3.57. The van der Waals surface area contributed by atoms with Gasteiger partial charge in [0.25, 0.3) is 10.0 Å². The molecule has 4 aromatic rings. The quantitative estimate of drug-likeness (QED) is 0.452. The van der Waals surface area contributed by atoms with Crippen LogP contribution in [0.4, 0.5) is 13.9 Å². The predicted octanol–water partition coefficient (Wildman–Crippen LogP) is 2.55. The second-order valence-electron chi connectivity index (χ2n) is 7.14. The largest absolute Gasteiger partial charge is 0.420 e. The number of oxazole rings is 1. The maximum absolute atomic E-state index is 14.8. The van der Waals surface area contributed by atoms with Crippen molar-refractivity contribution in [2.75, 3.05) is 11.3 Å². The first kappa shape index (κ1) is 20.7. The molecule has 0 bridgehead atoms. The van der Waals surface area contributed by atoms with Gasteiger partial charge >= 0.3 is 5.76 Å². The Balaban J connectivity index is 1.56. The Morgan fingerprint density at radius 3 is 2.97 bits per heavy atom. The third-order valence-corrected chi connectivity index (χ3v) is 7.26. The molecule has 0 aliphatic carbocycles. The molecule has 2 N–H and O–H groups in total. The van der Waals surface area contributed by atoms with E-state index < -0.39 is 32.7 Å². The first-order chi connectivity index (χ1) is 15.3. The van der Waals surface area contributed by atoms with E-state index in [1.165, 1.54) is 4.57 Å². The number of alkyl halides is 1. The molecule has 1 aliphatic rings. The van der Waals surface area contributed by atoms with Crippen LogP contribution in [0.5, 0.6) is 0 Å². The predicted molar refractivity (Wildman–Crippen MR) is 112 cm³/mol. The Morgan fingerprint density at radius 2 is 2.19 bits per heavy atom. The lowest BCUT2D eigenvalue weighted by Gasteiger charge is -2.23. The summed E-state index contributed by atoms with van der Waals surface area (Å²) < 4.78 is 66.4. The fraction of sp³-hybridized carbons (Fsp3) is 0.211. The van der Waals surface area contributed by atoms with Crippen LogP contribution < -0.4 is 15.8 Å². The average molecular weight is 479 g/mol. The van der Waals surface area contributed by atoms with Gasteiger partial charge in [-0.15, -0.1) is 0 Å². The highest BCUT2D eigenvalue weighted by Gasteiger charge is 2.25. The molecule has 1 unspecified atom stereocenters. The highest BCUT2D eigenvalue weighted by Crippen LogP contribution is 2.29. The van der Waals surface area contributed by atoms with Crippen LogP contribution in [0.2, 0.25) is 0 Å². The minimum atomic E-state index is -4.32. The summed E-state index contributed by atoms with van der Waals surface area (Å²) in [5.74, 6) is -1.85. The molecule has 0 fully saturated rings. The van der Waals surface area contributed by atoms with Crippen molar-refractivity contribution >= 4 is 37.8 Å². The molecule has 2 aromatic carbocycles. The van der Waals surface area contributed by atoms with Crippen molar-refractivity contribution in [1.82, 2.24) is 19.2 Å². The average Bonchev–Trinajstić information content (AvgIpc) is 3.35. The van der Waals surface area contributed by atoms with Crippen molar-refractivity contribution in [3.63, 3.8) is 0 Å². The van der Waals surface area contributed by atoms with Gasteiger partial charge in [-0.2, -0.15) is 4.37 Å². The summed E-state index contributed by atoms with van der Waals surface area (Å²) in [5.41, 5.74) is 1.94. The summed E-state index contributed by atoms with van der Waals surface area (Å²) in [5, 5.41) is 2.96. The summed E-state index contributed by atoms with van der Waals surface area (Å²) >= 11 is 0.790. The van der Waals surface area contributed by atoms with E-state index in [1.807, 2.05) is 0 Å². The first-order valence-electron chi connectivity index (χ1n) is 9.41. The number of halogens is 2. The van der Waals surface area contributed by atoms with E-state index in [9.17, 15) is 22.0 Å². The van der Waals surface area contributed by atoms with Crippen LogP contribution in [0.1, 0.15) is 22.9 Å². The number of sulfonamides is 1. The van der Waals surface area contributed by atoms with Crippen LogP contribution in [-0.4, -0.2) is 28.9 Å². The lowest BCUT2D eigenvalue weighted by atomic mass is 9.94. The van der Waals surface area contributed by atoms with E-state index in [4.69, 9.17) is 4.42 Å². The zero-order chi connectivity index (χ0) is 22.5. The molecule has 1 atom stereocenters. The van der Waals surface area contributed by atoms with E-state index in [0.717, 1.165) is 35.6 Å². The maximum atomic E-state index is 14.8. The molecule has 3 heterocycles. The summed E-state index contributed by atoms with van der Waals surface area (Å²) in [6, 6.07) is 7.03. The number of benzene rings is 2. The lowest BCUT2D eigenvalue weighted by molar-refractivity contribution is 0.309. The van der Waals surface area contributed by atoms with Gasteiger partial charge in [-0.05, 0) is 16.7 Å². The molecule has 13 heteroatoms. The van der Waals surface area contributed by atoms with Crippen molar-refractivity contribution in [3.05, 3.63) is 69.7 Å². The Kier molecular flexibility index (Phi) is 5.03. The molecule has 2 aromatic heterocycles. The smallest absolute Gasteiger partial charge is 0.408 e. The van der Waals surface area contributed by atoms with E-state index in [-0.39, 0.29) is 29.3 Å². The van der Waals surface area contributed by atoms with Crippen molar-refractivity contribution in [3.8, 4) is 0 Å². The Labute approximate surface area is 183 Å². The van der Waals surface area contributed by atoms with Crippen LogP contribution in [0, 0.1) is 5.82 Å². The first-order valence-corrected chi connectivity index (χ1v) is 11.7. The molecule has 0 saturated carbocycles. The summed E-state index contributed by atoms with van der Waals surface area (Å²) in [6.45, 7) is 0.654. The van der Waals surface area contributed by atoms with Crippen LogP contribution in [0.15, 0.2) is 50.8 Å². The van der Waals surface area contributed by atoms with Crippen molar-refractivity contribution in [2.24, 2.45) is 0 Å². The monoisotopic (exact) mass is 479 g/mol. The number of rotatable bonds is 5. The van der Waals surface area contributed by atoms with Gasteiger partial charge in [-0.1, -0.05) is 18.2 Å². The molecular formula is C19H15F2N5O4S2. The molecule has 0 amide bonds. The van der Waals surface area contributed by atoms with Crippen LogP contribution in [0.3, 0.4) is 0 Å². The fourth-order valence-electron chi connectivity index (χ4n) is 3.72. The standard InChI is InChI=1S/C19H15F2N5O4S2/c20-13-4-15-16(5-17(13)32(28,29)25-18-23-9-24-31-18)30-19(27)26(15)8-10-2-1-3-11-12(10)6-22-7-14(11)21/h1-5,9,14,22H,6-8H2,(H,23,24,25). The molecule has 0 radical (unpaired) electrons. The van der Waals surface area contributed by atoms with E-state index in [1.54, 1.807) is 18.2 Å². The van der Waals surface area contributed by atoms with Gasteiger partial charge in [-0.25, -0.2) is 27.0 Å². The number of hydrogen-bond acceptors (Lipinski definition) is 8. The zero-order valence-corrected chi connectivity index (χ0v) is 17.8. The molecule has 5 rings (SSSR count). The molecule has 9 nitrogen and oxygen atoms in total. The molecule has 0 spiro atoms. The van der Waals surface area contributed by atoms with Crippen LogP contribution in [0.25, 0.3) is 11.1 Å². The highest BCUT2D eigenvalue weighted by molar-refractivity contribution is 7.93. The molecule has 166 valence electrons. The Hall–Kier alpha value is -3.16. The number of fused-ring (bicyclic) bond motifs is 2.